The van der Waals surface area contributed by atoms with Gasteiger partial charge >= 0.3 is 0 Å². The predicted octanol–water partition coefficient (Wildman–Crippen LogP) is -0.940. The summed E-state index contributed by atoms with van der Waals surface area (Å²) in [7, 11) is 2.24. The molecule has 0 amide bonds. The van der Waals surface area contributed by atoms with E-state index in [2.05, 4.69) is 11.9 Å². The molecule has 1 heterocycles. The van der Waals surface area contributed by atoms with Crippen LogP contribution in [0.2, 0.25) is 0 Å². The summed E-state index contributed by atoms with van der Waals surface area (Å²) in [6.07, 6.45) is 0. The highest BCUT2D eigenvalue weighted by Crippen LogP contribution is 2.23. The maximum Gasteiger partial charge on any atom is 0.144 e. The van der Waals surface area contributed by atoms with Crippen LogP contribution in [0.15, 0.2) is 18.2 Å². The van der Waals surface area contributed by atoms with Gasteiger partial charge in [-0.2, -0.15) is 0 Å². The van der Waals surface area contributed by atoms with Crippen molar-refractivity contribution in [3.05, 3.63) is 18.2 Å². The molecule has 1 aromatic rings. The van der Waals surface area contributed by atoms with E-state index >= 15 is 0 Å². The van der Waals surface area contributed by atoms with Gasteiger partial charge in [-0.3, -0.25) is 4.90 Å². The van der Waals surface area contributed by atoms with E-state index in [-0.39, 0.29) is 0 Å². The fraction of sp³-hybridized carbons (Fsp3) is 0.538. The molecule has 1 saturated heterocycles. The molecule has 0 aromatic heterocycles. The summed E-state index contributed by atoms with van der Waals surface area (Å²) in [6.45, 7) is 6.30. The van der Waals surface area contributed by atoms with E-state index in [1.54, 1.807) is 23.1 Å². The van der Waals surface area contributed by atoms with E-state index in [9.17, 15) is 0 Å². The topological polar surface area (TPSA) is 69.0 Å². The van der Waals surface area contributed by atoms with Crippen LogP contribution >= 0.6 is 0 Å². The molecule has 5 heteroatoms. The summed E-state index contributed by atoms with van der Waals surface area (Å²) in [6, 6.07) is 5.35. The second-order valence-electron chi connectivity index (χ2n) is 4.94. The molecule has 2 rings (SSSR count). The van der Waals surface area contributed by atoms with E-state index < -0.39 is 0 Å². The minimum atomic E-state index is 0.645. The summed E-state index contributed by atoms with van der Waals surface area (Å²) < 4.78 is 5.69. The first-order chi connectivity index (χ1) is 8.65. The van der Waals surface area contributed by atoms with E-state index in [1.165, 1.54) is 13.1 Å². The van der Waals surface area contributed by atoms with Gasteiger partial charge in [-0.15, -0.1) is 0 Å². The van der Waals surface area contributed by atoms with Gasteiger partial charge in [0, 0.05) is 31.4 Å². The lowest BCUT2D eigenvalue weighted by molar-refractivity contribution is -0.884. The molecule has 1 aliphatic heterocycles. The SMILES string of the molecule is C[NH+]1CCN(CCOc2cc(N)ccc2N)CC1. The number of ether oxygens (including phenoxy) is 1. The molecule has 1 aromatic carbocycles. The monoisotopic (exact) mass is 251 g/mol. The van der Waals surface area contributed by atoms with Gasteiger partial charge in [0.1, 0.15) is 12.4 Å². The van der Waals surface area contributed by atoms with Crippen LogP contribution in [0.1, 0.15) is 0 Å². The van der Waals surface area contributed by atoms with Crippen molar-refractivity contribution in [1.82, 2.24) is 4.90 Å². The third-order valence-electron chi connectivity index (χ3n) is 3.41. The number of nitrogens with two attached hydrogens (primary N) is 2. The van der Waals surface area contributed by atoms with Gasteiger partial charge in [-0.25, -0.2) is 0 Å². The minimum Gasteiger partial charge on any atom is -0.490 e. The molecule has 0 aliphatic carbocycles. The Bertz CT molecular complexity index is 389. The standard InChI is InChI=1S/C13H22N4O/c1-16-4-6-17(7-5-16)8-9-18-13-10-11(14)2-3-12(13)15/h2-3,10H,4-9,14-15H2,1H3/p+1. The number of hydrogen-bond donors (Lipinski definition) is 3. The Hall–Kier alpha value is -1.46. The highest BCUT2D eigenvalue weighted by atomic mass is 16.5. The molecule has 5 N–H and O–H groups in total. The molecular formula is C13H23N4O+. The van der Waals surface area contributed by atoms with Gasteiger partial charge in [0.15, 0.2) is 0 Å². The number of benzene rings is 1. The summed E-state index contributed by atoms with van der Waals surface area (Å²) in [5.74, 6) is 0.690. The molecule has 0 unspecified atom stereocenters. The normalized spacial score (nSPS) is 17.8. The number of nitrogens with one attached hydrogen (secondary N) is 1. The summed E-state index contributed by atoms with van der Waals surface area (Å²) in [4.78, 5) is 4.03. The van der Waals surface area contributed by atoms with Crippen LogP contribution in [0.4, 0.5) is 11.4 Å². The van der Waals surface area contributed by atoms with Crippen LogP contribution in [0.3, 0.4) is 0 Å². The van der Waals surface area contributed by atoms with E-state index in [4.69, 9.17) is 16.2 Å². The third-order valence-corrected chi connectivity index (χ3v) is 3.41. The highest BCUT2D eigenvalue weighted by Gasteiger charge is 2.16. The quantitative estimate of drug-likeness (QED) is 0.604. The largest absolute Gasteiger partial charge is 0.490 e. The fourth-order valence-corrected chi connectivity index (χ4v) is 2.12. The third kappa shape index (κ3) is 3.51. The summed E-state index contributed by atoms with van der Waals surface area (Å²) >= 11 is 0. The second-order valence-corrected chi connectivity index (χ2v) is 4.94. The van der Waals surface area contributed by atoms with Crippen molar-refractivity contribution in [2.45, 2.75) is 0 Å². The number of hydrogen-bond acceptors (Lipinski definition) is 4. The first-order valence-electron chi connectivity index (χ1n) is 6.46. The number of anilines is 2. The van der Waals surface area contributed by atoms with Crippen LogP contribution in [0.25, 0.3) is 0 Å². The fourth-order valence-electron chi connectivity index (χ4n) is 2.12. The molecule has 0 saturated carbocycles. The maximum atomic E-state index is 5.83. The molecular weight excluding hydrogens is 228 g/mol. The van der Waals surface area contributed by atoms with Crippen molar-refractivity contribution in [3.8, 4) is 5.75 Å². The Morgan fingerprint density at radius 2 is 2.00 bits per heavy atom. The number of nitrogen functional groups attached to an aromatic ring is 2. The van der Waals surface area contributed by atoms with E-state index in [1.807, 2.05) is 0 Å². The Morgan fingerprint density at radius 1 is 1.28 bits per heavy atom. The Labute approximate surface area is 108 Å². The minimum absolute atomic E-state index is 0.645. The van der Waals surface area contributed by atoms with Crippen molar-refractivity contribution in [3.63, 3.8) is 0 Å². The average molecular weight is 251 g/mol. The Kier molecular flexibility index (Phi) is 4.28. The van der Waals surface area contributed by atoms with Crippen LogP contribution in [0.5, 0.6) is 5.75 Å². The van der Waals surface area contributed by atoms with Crippen LogP contribution < -0.4 is 21.1 Å². The van der Waals surface area contributed by atoms with Gasteiger partial charge < -0.3 is 21.1 Å². The van der Waals surface area contributed by atoms with Crippen molar-refractivity contribution in [1.29, 1.82) is 0 Å². The predicted molar refractivity (Wildman–Crippen MR) is 73.8 cm³/mol. The molecule has 0 radical (unpaired) electrons. The Balaban J connectivity index is 1.76. The lowest BCUT2D eigenvalue weighted by atomic mass is 10.2. The van der Waals surface area contributed by atoms with Crippen LogP contribution in [-0.2, 0) is 0 Å². The Morgan fingerprint density at radius 3 is 2.72 bits per heavy atom. The van der Waals surface area contributed by atoms with Crippen molar-refractivity contribution in [2.24, 2.45) is 0 Å². The van der Waals surface area contributed by atoms with Gasteiger partial charge in [-0.1, -0.05) is 0 Å². The number of rotatable bonds is 4. The first-order valence-corrected chi connectivity index (χ1v) is 6.46. The average Bonchev–Trinajstić information content (AvgIpc) is 2.36. The number of quaternary nitrogens is 1. The van der Waals surface area contributed by atoms with Crippen molar-refractivity contribution < 1.29 is 9.64 Å². The second kappa shape index (κ2) is 5.93. The number of likely N-dealkylation sites (N-methyl/N-ethyl adjacent to an activating group) is 1. The molecule has 5 nitrogen and oxygen atoms in total. The van der Waals surface area contributed by atoms with E-state index in [0.29, 0.717) is 23.7 Å². The van der Waals surface area contributed by atoms with Gasteiger partial charge in [0.2, 0.25) is 0 Å². The van der Waals surface area contributed by atoms with Crippen LogP contribution in [0, 0.1) is 0 Å². The zero-order valence-electron chi connectivity index (χ0n) is 11.0. The van der Waals surface area contributed by atoms with Gasteiger partial charge in [0.25, 0.3) is 0 Å². The lowest BCUT2D eigenvalue weighted by Crippen LogP contribution is -3.12. The molecule has 18 heavy (non-hydrogen) atoms. The van der Waals surface area contributed by atoms with Gasteiger partial charge in [0.05, 0.1) is 25.8 Å². The number of nitrogens with zero attached hydrogens (tertiary/aromatic N) is 1. The molecule has 1 aliphatic rings. The van der Waals surface area contributed by atoms with Crippen molar-refractivity contribution >= 4 is 11.4 Å². The zero-order chi connectivity index (χ0) is 13.0. The smallest absolute Gasteiger partial charge is 0.144 e. The lowest BCUT2D eigenvalue weighted by Gasteiger charge is -2.29. The highest BCUT2D eigenvalue weighted by molar-refractivity contribution is 5.59. The molecule has 0 spiro atoms. The molecule has 100 valence electrons. The molecule has 0 bridgehead atoms. The van der Waals surface area contributed by atoms with Gasteiger partial charge in [-0.05, 0) is 12.1 Å². The summed E-state index contributed by atoms with van der Waals surface area (Å²) in [5, 5.41) is 0. The molecule has 0 atom stereocenters. The zero-order valence-corrected chi connectivity index (χ0v) is 11.0. The molecule has 1 fully saturated rings. The number of piperazine rings is 1. The first kappa shape index (κ1) is 13.0. The van der Waals surface area contributed by atoms with E-state index in [0.717, 1.165) is 19.6 Å². The van der Waals surface area contributed by atoms with Crippen LogP contribution in [-0.4, -0.2) is 51.3 Å². The maximum absolute atomic E-state index is 5.83. The summed E-state index contributed by atoms with van der Waals surface area (Å²) in [5.41, 5.74) is 12.9. The van der Waals surface area contributed by atoms with Crippen molar-refractivity contribution in [2.75, 3.05) is 57.8 Å².